The molecule has 0 bridgehead atoms. The van der Waals surface area contributed by atoms with Crippen molar-refractivity contribution in [2.24, 2.45) is 0 Å². The molecule has 0 unspecified atom stereocenters. The molecule has 0 N–H and O–H groups in total. The molecule has 0 fully saturated rings. The second-order valence-corrected chi connectivity index (χ2v) is 4.84. The van der Waals surface area contributed by atoms with Crippen LogP contribution in [0.15, 0.2) is 29.0 Å². The molecule has 1 aromatic carbocycles. The Kier molecular flexibility index (Phi) is 2.21. The smallest absolute Gasteiger partial charge is 0.139 e. The maximum Gasteiger partial charge on any atom is 0.139 e. The molecule has 3 rings (SSSR count). The summed E-state index contributed by atoms with van der Waals surface area (Å²) in [5.41, 5.74) is 2.34. The van der Waals surface area contributed by atoms with Gasteiger partial charge in [-0.2, -0.15) is 0 Å². The van der Waals surface area contributed by atoms with E-state index in [1.54, 1.807) is 6.33 Å². The zero-order valence-corrected chi connectivity index (χ0v) is 10.5. The summed E-state index contributed by atoms with van der Waals surface area (Å²) in [4.78, 5) is 2.24. The first-order valence-corrected chi connectivity index (χ1v) is 5.95. The molecule has 0 spiro atoms. The Bertz CT molecular complexity index is 535. The molecule has 0 aliphatic carbocycles. The fourth-order valence-corrected chi connectivity index (χ4v) is 2.37. The third-order valence-corrected chi connectivity index (χ3v) is 3.39. The summed E-state index contributed by atoms with van der Waals surface area (Å²) >= 11 is 3.51. The molecule has 82 valence electrons. The molecule has 0 radical (unpaired) electrons. The predicted octanol–water partition coefficient (Wildman–Crippen LogP) is 2.02. The van der Waals surface area contributed by atoms with Crippen LogP contribution in [0.1, 0.15) is 5.82 Å². The molecule has 1 aliphatic rings. The van der Waals surface area contributed by atoms with Gasteiger partial charge in [0.2, 0.25) is 0 Å². The molecule has 5 heteroatoms. The van der Waals surface area contributed by atoms with Crippen LogP contribution in [0.3, 0.4) is 0 Å². The van der Waals surface area contributed by atoms with Crippen LogP contribution in [0.2, 0.25) is 0 Å². The van der Waals surface area contributed by atoms with Gasteiger partial charge in [-0.05, 0) is 18.2 Å². The van der Waals surface area contributed by atoms with Crippen LogP contribution in [-0.2, 0) is 6.42 Å². The lowest BCUT2D eigenvalue weighted by molar-refractivity contribution is 0.824. The number of anilines is 1. The first-order chi connectivity index (χ1) is 7.75. The second kappa shape index (κ2) is 3.59. The standard InChI is InChI=1S/C11H11BrN4/c1-15-5-4-11-14-13-7-16(11)9-3-2-8(12)6-10(9)15/h2-3,6-7H,4-5H2,1H3. The van der Waals surface area contributed by atoms with E-state index in [2.05, 4.69) is 54.8 Å². The van der Waals surface area contributed by atoms with Gasteiger partial charge < -0.3 is 4.90 Å². The predicted molar refractivity (Wildman–Crippen MR) is 66.0 cm³/mol. The monoisotopic (exact) mass is 278 g/mol. The van der Waals surface area contributed by atoms with Gasteiger partial charge in [-0.1, -0.05) is 15.9 Å². The summed E-state index contributed by atoms with van der Waals surface area (Å²) in [6.45, 7) is 0.960. The third kappa shape index (κ3) is 1.43. The molecule has 2 aromatic rings. The second-order valence-electron chi connectivity index (χ2n) is 3.92. The van der Waals surface area contributed by atoms with Crippen molar-refractivity contribution in [2.45, 2.75) is 6.42 Å². The van der Waals surface area contributed by atoms with Gasteiger partial charge in [-0.3, -0.25) is 4.57 Å². The Morgan fingerprint density at radius 3 is 3.06 bits per heavy atom. The summed E-state index contributed by atoms with van der Waals surface area (Å²) in [6.07, 6.45) is 2.70. The number of aromatic nitrogens is 3. The topological polar surface area (TPSA) is 34.0 Å². The summed E-state index contributed by atoms with van der Waals surface area (Å²) in [5.74, 6) is 1.02. The van der Waals surface area contributed by atoms with Crippen molar-refractivity contribution < 1.29 is 0 Å². The van der Waals surface area contributed by atoms with Gasteiger partial charge in [-0.25, -0.2) is 0 Å². The largest absolute Gasteiger partial charge is 0.372 e. The molecule has 1 aliphatic heterocycles. The van der Waals surface area contributed by atoms with Crippen molar-refractivity contribution in [2.75, 3.05) is 18.5 Å². The minimum Gasteiger partial charge on any atom is -0.372 e. The first-order valence-electron chi connectivity index (χ1n) is 5.15. The molecule has 16 heavy (non-hydrogen) atoms. The summed E-state index contributed by atoms with van der Waals surface area (Å²) < 4.78 is 3.15. The van der Waals surface area contributed by atoms with Crippen molar-refractivity contribution in [3.8, 4) is 5.69 Å². The fourth-order valence-electron chi connectivity index (χ4n) is 2.02. The van der Waals surface area contributed by atoms with Crippen LogP contribution in [0.25, 0.3) is 5.69 Å². The number of halogens is 1. The van der Waals surface area contributed by atoms with Gasteiger partial charge in [0.05, 0.1) is 11.4 Å². The average Bonchev–Trinajstić information content (AvgIpc) is 2.69. The van der Waals surface area contributed by atoms with E-state index in [4.69, 9.17) is 0 Å². The first kappa shape index (κ1) is 9.84. The highest BCUT2D eigenvalue weighted by Gasteiger charge is 2.18. The normalized spacial score (nSPS) is 14.2. The van der Waals surface area contributed by atoms with E-state index in [0.29, 0.717) is 0 Å². The molecule has 2 heterocycles. The Morgan fingerprint density at radius 2 is 2.19 bits per heavy atom. The van der Waals surface area contributed by atoms with Crippen LogP contribution < -0.4 is 4.90 Å². The van der Waals surface area contributed by atoms with Crippen LogP contribution in [0, 0.1) is 0 Å². The third-order valence-electron chi connectivity index (χ3n) is 2.90. The average molecular weight is 279 g/mol. The zero-order valence-electron chi connectivity index (χ0n) is 8.89. The van der Waals surface area contributed by atoms with E-state index >= 15 is 0 Å². The van der Waals surface area contributed by atoms with E-state index in [9.17, 15) is 0 Å². The Balaban J connectivity index is 2.27. The van der Waals surface area contributed by atoms with Crippen molar-refractivity contribution >= 4 is 21.6 Å². The maximum absolute atomic E-state index is 4.15. The van der Waals surface area contributed by atoms with Crippen molar-refractivity contribution in [1.29, 1.82) is 0 Å². The van der Waals surface area contributed by atoms with Gasteiger partial charge in [0.15, 0.2) is 0 Å². The van der Waals surface area contributed by atoms with Crippen molar-refractivity contribution in [3.05, 3.63) is 34.8 Å². The number of hydrogen-bond acceptors (Lipinski definition) is 3. The molecule has 0 saturated heterocycles. The van der Waals surface area contributed by atoms with Gasteiger partial charge in [0.25, 0.3) is 0 Å². The minimum atomic E-state index is 0.919. The van der Waals surface area contributed by atoms with Gasteiger partial charge in [0, 0.05) is 24.5 Å². The van der Waals surface area contributed by atoms with E-state index in [1.165, 1.54) is 5.69 Å². The van der Waals surface area contributed by atoms with E-state index in [1.807, 2.05) is 6.07 Å². The van der Waals surface area contributed by atoms with Gasteiger partial charge >= 0.3 is 0 Å². The summed E-state index contributed by atoms with van der Waals surface area (Å²) in [5, 5.41) is 8.12. The SMILES string of the molecule is CN1CCc2nncn2-c2ccc(Br)cc21. The number of fused-ring (bicyclic) bond motifs is 3. The number of likely N-dealkylation sites (N-methyl/N-ethyl adjacent to an activating group) is 1. The van der Waals surface area contributed by atoms with E-state index in [-0.39, 0.29) is 0 Å². The molecule has 0 saturated carbocycles. The molecular weight excluding hydrogens is 268 g/mol. The lowest BCUT2D eigenvalue weighted by atomic mass is 10.2. The number of benzene rings is 1. The van der Waals surface area contributed by atoms with Crippen LogP contribution in [0.4, 0.5) is 5.69 Å². The molecule has 4 nitrogen and oxygen atoms in total. The summed E-state index contributed by atoms with van der Waals surface area (Å²) in [6, 6.07) is 6.26. The number of hydrogen-bond donors (Lipinski definition) is 0. The van der Waals surface area contributed by atoms with Crippen LogP contribution in [-0.4, -0.2) is 28.4 Å². The highest BCUT2D eigenvalue weighted by molar-refractivity contribution is 9.10. The number of rotatable bonds is 0. The highest BCUT2D eigenvalue weighted by atomic mass is 79.9. The Hall–Kier alpha value is -1.36. The van der Waals surface area contributed by atoms with E-state index in [0.717, 1.165) is 29.0 Å². The van der Waals surface area contributed by atoms with Crippen molar-refractivity contribution in [3.63, 3.8) is 0 Å². The Labute approximate surface area is 102 Å². The van der Waals surface area contributed by atoms with E-state index < -0.39 is 0 Å². The quantitative estimate of drug-likeness (QED) is 0.740. The summed E-state index contributed by atoms with van der Waals surface area (Å²) in [7, 11) is 2.10. The lowest BCUT2D eigenvalue weighted by Gasteiger charge is -2.19. The maximum atomic E-state index is 4.15. The van der Waals surface area contributed by atoms with Crippen LogP contribution in [0.5, 0.6) is 0 Å². The van der Waals surface area contributed by atoms with Crippen molar-refractivity contribution in [1.82, 2.24) is 14.8 Å². The van der Waals surface area contributed by atoms with Crippen LogP contribution >= 0.6 is 15.9 Å². The molecule has 0 amide bonds. The zero-order chi connectivity index (χ0) is 11.1. The fraction of sp³-hybridized carbons (Fsp3) is 0.273. The number of nitrogens with zero attached hydrogens (tertiary/aromatic N) is 4. The molecule has 0 atom stereocenters. The Morgan fingerprint density at radius 1 is 1.31 bits per heavy atom. The molecule has 1 aromatic heterocycles. The highest BCUT2D eigenvalue weighted by Crippen LogP contribution is 2.30. The van der Waals surface area contributed by atoms with Gasteiger partial charge in [0.1, 0.15) is 12.2 Å². The minimum absolute atomic E-state index is 0.919. The lowest BCUT2D eigenvalue weighted by Crippen LogP contribution is -2.19. The molecular formula is C11H11BrN4. The van der Waals surface area contributed by atoms with Gasteiger partial charge in [-0.15, -0.1) is 10.2 Å².